The molecule has 2 rings (SSSR count). The van der Waals surface area contributed by atoms with Gasteiger partial charge >= 0.3 is 18.3 Å². The maximum absolute atomic E-state index is 13.1. The van der Waals surface area contributed by atoms with Crippen LogP contribution in [0, 0.1) is 0 Å². The third-order valence-corrected chi connectivity index (χ3v) is 5.28. The predicted octanol–water partition coefficient (Wildman–Crippen LogP) is 7.11. The second-order valence-electron chi connectivity index (χ2n) is 11.9. The highest BCUT2D eigenvalue weighted by Gasteiger charge is 2.34. The quantitative estimate of drug-likeness (QED) is 0.261. The number of anilines is 1. The zero-order chi connectivity index (χ0) is 29.6. The number of pyridine rings is 1. The van der Waals surface area contributed by atoms with Crippen LogP contribution in [0.4, 0.5) is 20.2 Å². The van der Waals surface area contributed by atoms with Crippen molar-refractivity contribution < 1.29 is 33.3 Å². The lowest BCUT2D eigenvalue weighted by molar-refractivity contribution is 0.0426. The van der Waals surface area contributed by atoms with Crippen molar-refractivity contribution in [2.75, 3.05) is 18.1 Å². The zero-order valence-electron chi connectivity index (χ0n) is 24.3. The summed E-state index contributed by atoms with van der Waals surface area (Å²) in [7, 11) is 0. The smallest absolute Gasteiger partial charge is 0.425 e. The van der Waals surface area contributed by atoms with Crippen LogP contribution >= 0.6 is 15.9 Å². The Morgan fingerprint density at radius 3 is 1.97 bits per heavy atom. The number of benzene rings is 1. The van der Waals surface area contributed by atoms with Crippen molar-refractivity contribution >= 4 is 50.8 Å². The first-order chi connectivity index (χ1) is 17.9. The minimum absolute atomic E-state index is 0.0948. The van der Waals surface area contributed by atoms with Crippen molar-refractivity contribution in [2.45, 2.75) is 92.1 Å². The highest BCUT2D eigenvalue weighted by Crippen LogP contribution is 2.33. The Hall–Kier alpha value is -2.92. The highest BCUT2D eigenvalue weighted by molar-refractivity contribution is 9.10. The maximum atomic E-state index is 13.1. The number of fused-ring (bicyclic) bond motifs is 1. The zero-order valence-corrected chi connectivity index (χ0v) is 25.9. The van der Waals surface area contributed by atoms with E-state index in [1.807, 2.05) is 32.9 Å². The van der Waals surface area contributed by atoms with Gasteiger partial charge in [-0.15, -0.1) is 0 Å². The lowest BCUT2D eigenvalue weighted by Gasteiger charge is -2.28. The van der Waals surface area contributed by atoms with Crippen LogP contribution in [0.2, 0.25) is 0 Å². The minimum Gasteiger partial charge on any atom is -0.444 e. The number of imide groups is 1. The number of aromatic nitrogens is 1. The molecule has 1 aromatic heterocycles. The van der Waals surface area contributed by atoms with Crippen LogP contribution in [-0.2, 0) is 25.6 Å². The Balaban J connectivity index is 2.19. The molecule has 39 heavy (non-hydrogen) atoms. The van der Waals surface area contributed by atoms with Gasteiger partial charge in [-0.05, 0) is 96.3 Å². The first-order valence-electron chi connectivity index (χ1n) is 12.7. The molecule has 2 aromatic rings. The first-order valence-corrected chi connectivity index (χ1v) is 13.5. The fourth-order valence-electron chi connectivity index (χ4n) is 3.24. The highest BCUT2D eigenvalue weighted by atomic mass is 79.9. The molecule has 0 unspecified atom stereocenters. The van der Waals surface area contributed by atoms with Crippen molar-refractivity contribution in [3.05, 3.63) is 34.4 Å². The number of nitrogens with zero attached hydrogens (tertiary/aromatic N) is 2. The normalized spacial score (nSPS) is 12.2. The van der Waals surface area contributed by atoms with Gasteiger partial charge in [-0.1, -0.05) is 12.1 Å². The number of ether oxygens (including phenoxy) is 4. The fourth-order valence-corrected chi connectivity index (χ4v) is 3.67. The predicted molar refractivity (Wildman–Crippen MR) is 153 cm³/mol. The standard InChI is InChI=1S/C28H40BrN3O7/c1-26(2,3)37-23(33)30-13-10-14-36-17-18-11-12-19-20(15-18)21(29)16-31-22(19)32(24(34)38-27(4,5)6)25(35)39-28(7,8)9/h11-12,15-16H,10,13-14,17H2,1-9H3,(H,30,33). The maximum Gasteiger partial charge on any atom is 0.425 e. The van der Waals surface area contributed by atoms with Crippen LogP contribution in [0.15, 0.2) is 28.9 Å². The number of hydrogen-bond donors (Lipinski definition) is 1. The van der Waals surface area contributed by atoms with Gasteiger partial charge in [0.1, 0.15) is 16.8 Å². The van der Waals surface area contributed by atoms with Gasteiger partial charge < -0.3 is 24.3 Å². The van der Waals surface area contributed by atoms with Gasteiger partial charge in [-0.25, -0.2) is 19.4 Å². The number of halogens is 1. The molecular formula is C28H40BrN3O7. The van der Waals surface area contributed by atoms with E-state index < -0.39 is 35.1 Å². The van der Waals surface area contributed by atoms with E-state index in [9.17, 15) is 14.4 Å². The van der Waals surface area contributed by atoms with E-state index in [4.69, 9.17) is 18.9 Å². The van der Waals surface area contributed by atoms with Crippen molar-refractivity contribution in [3.8, 4) is 0 Å². The molecule has 1 aromatic carbocycles. The Morgan fingerprint density at radius 1 is 0.872 bits per heavy atom. The lowest BCUT2D eigenvalue weighted by Crippen LogP contribution is -2.44. The molecule has 0 atom stereocenters. The molecule has 3 amide bonds. The van der Waals surface area contributed by atoms with Gasteiger partial charge in [0.2, 0.25) is 0 Å². The SMILES string of the molecule is CC(C)(C)OC(=O)NCCCOCc1ccc2c(N(C(=O)OC(C)(C)C)C(=O)OC(C)(C)C)ncc(Br)c2c1. The van der Waals surface area contributed by atoms with E-state index in [-0.39, 0.29) is 5.82 Å². The van der Waals surface area contributed by atoms with E-state index in [0.717, 1.165) is 15.8 Å². The Morgan fingerprint density at radius 2 is 1.44 bits per heavy atom. The van der Waals surface area contributed by atoms with Crippen LogP contribution < -0.4 is 10.2 Å². The monoisotopic (exact) mass is 609 g/mol. The summed E-state index contributed by atoms with van der Waals surface area (Å²) in [5.41, 5.74) is -1.34. The van der Waals surface area contributed by atoms with E-state index in [2.05, 4.69) is 26.2 Å². The minimum atomic E-state index is -0.889. The van der Waals surface area contributed by atoms with E-state index in [1.165, 1.54) is 6.20 Å². The average Bonchev–Trinajstić information content (AvgIpc) is 2.74. The summed E-state index contributed by atoms with van der Waals surface area (Å²) >= 11 is 3.52. The van der Waals surface area contributed by atoms with Crippen molar-refractivity contribution in [2.24, 2.45) is 0 Å². The number of alkyl carbamates (subject to hydrolysis) is 1. The summed E-state index contributed by atoms with van der Waals surface area (Å²) in [5, 5.41) is 3.97. The Kier molecular flexibility index (Phi) is 10.7. The third-order valence-electron chi connectivity index (χ3n) is 4.65. The molecule has 0 aliphatic rings. The molecule has 10 nitrogen and oxygen atoms in total. The van der Waals surface area contributed by atoms with Gasteiger partial charge in [0.15, 0.2) is 5.82 Å². The number of hydrogen-bond acceptors (Lipinski definition) is 8. The summed E-state index contributed by atoms with van der Waals surface area (Å²) in [6.45, 7) is 16.9. The molecule has 0 aliphatic heterocycles. The summed E-state index contributed by atoms with van der Waals surface area (Å²) in [5.74, 6) is 0.0948. The van der Waals surface area contributed by atoms with Gasteiger partial charge in [0.05, 0.1) is 6.61 Å². The lowest BCUT2D eigenvalue weighted by atomic mass is 10.1. The van der Waals surface area contributed by atoms with Gasteiger partial charge in [-0.2, -0.15) is 4.90 Å². The van der Waals surface area contributed by atoms with Crippen LogP contribution in [0.25, 0.3) is 10.8 Å². The molecule has 0 spiro atoms. The van der Waals surface area contributed by atoms with E-state index in [0.29, 0.717) is 36.0 Å². The van der Waals surface area contributed by atoms with Gasteiger partial charge in [0.25, 0.3) is 0 Å². The molecular weight excluding hydrogens is 570 g/mol. The molecule has 0 radical (unpaired) electrons. The topological polar surface area (TPSA) is 116 Å². The third kappa shape index (κ3) is 11.0. The summed E-state index contributed by atoms with van der Waals surface area (Å²) in [4.78, 5) is 43.1. The number of carbonyl (C=O) groups is 3. The Bertz CT molecular complexity index is 1150. The molecule has 0 fully saturated rings. The van der Waals surface area contributed by atoms with Gasteiger partial charge in [0, 0.05) is 34.6 Å². The second-order valence-corrected chi connectivity index (χ2v) is 12.8. The van der Waals surface area contributed by atoms with Gasteiger partial charge in [-0.3, -0.25) is 0 Å². The van der Waals surface area contributed by atoms with Crippen LogP contribution in [0.1, 0.15) is 74.3 Å². The van der Waals surface area contributed by atoms with Crippen LogP contribution in [0.5, 0.6) is 0 Å². The van der Waals surface area contributed by atoms with E-state index >= 15 is 0 Å². The molecule has 0 saturated heterocycles. The molecule has 1 N–H and O–H groups in total. The van der Waals surface area contributed by atoms with E-state index in [1.54, 1.807) is 47.6 Å². The molecule has 216 valence electrons. The molecule has 0 saturated carbocycles. The molecule has 0 bridgehead atoms. The summed E-state index contributed by atoms with van der Waals surface area (Å²) in [6.07, 6.45) is -0.101. The average molecular weight is 611 g/mol. The number of rotatable bonds is 7. The summed E-state index contributed by atoms with van der Waals surface area (Å²) < 4.78 is 22.7. The molecule has 11 heteroatoms. The number of carbonyl (C=O) groups excluding carboxylic acids is 3. The number of nitrogens with one attached hydrogen (secondary N) is 1. The number of amides is 3. The van der Waals surface area contributed by atoms with Crippen molar-refractivity contribution in [3.63, 3.8) is 0 Å². The summed E-state index contributed by atoms with van der Waals surface area (Å²) in [6, 6.07) is 5.50. The first kappa shape index (κ1) is 32.3. The molecule has 1 heterocycles. The molecule has 0 aliphatic carbocycles. The van der Waals surface area contributed by atoms with Crippen molar-refractivity contribution in [1.29, 1.82) is 0 Å². The largest absolute Gasteiger partial charge is 0.444 e. The fraction of sp³-hybridized carbons (Fsp3) is 0.571. The van der Waals surface area contributed by atoms with Crippen LogP contribution in [0.3, 0.4) is 0 Å². The van der Waals surface area contributed by atoms with Crippen molar-refractivity contribution in [1.82, 2.24) is 10.3 Å². The van der Waals surface area contributed by atoms with Crippen LogP contribution in [-0.4, -0.2) is 53.2 Å². The Labute approximate surface area is 238 Å². The second kappa shape index (κ2) is 13.0.